The number of aliphatic imine (C=N–C) groups is 1. The van der Waals surface area contributed by atoms with E-state index in [2.05, 4.69) is 11.9 Å². The van der Waals surface area contributed by atoms with E-state index in [1.807, 2.05) is 0 Å². The Morgan fingerprint density at radius 2 is 2.08 bits per heavy atom. The predicted octanol–water partition coefficient (Wildman–Crippen LogP) is 1.67. The average molecular weight is 182 g/mol. The van der Waals surface area contributed by atoms with E-state index in [0.29, 0.717) is 11.9 Å². The minimum absolute atomic E-state index is 0.0928. The van der Waals surface area contributed by atoms with Crippen molar-refractivity contribution in [3.63, 3.8) is 0 Å². The molecule has 1 aliphatic heterocycles. The molecule has 2 N–H and O–H groups in total. The SMILES string of the molecule is CC1(C2CCCCC2)CN=C(N)O1. The minimum atomic E-state index is -0.0928. The van der Waals surface area contributed by atoms with E-state index in [1.54, 1.807) is 0 Å². The Labute approximate surface area is 79.4 Å². The van der Waals surface area contributed by atoms with E-state index in [4.69, 9.17) is 10.5 Å². The van der Waals surface area contributed by atoms with Gasteiger partial charge in [0.05, 0.1) is 6.54 Å². The average Bonchev–Trinajstić information content (AvgIpc) is 2.49. The largest absolute Gasteiger partial charge is 0.457 e. The van der Waals surface area contributed by atoms with Gasteiger partial charge in [-0.25, -0.2) is 4.99 Å². The van der Waals surface area contributed by atoms with Crippen LogP contribution in [-0.4, -0.2) is 18.2 Å². The summed E-state index contributed by atoms with van der Waals surface area (Å²) >= 11 is 0. The summed E-state index contributed by atoms with van der Waals surface area (Å²) in [5.74, 6) is 0.658. The van der Waals surface area contributed by atoms with Crippen LogP contribution in [0.15, 0.2) is 4.99 Å². The van der Waals surface area contributed by atoms with Gasteiger partial charge in [0.15, 0.2) is 0 Å². The molecule has 74 valence electrons. The van der Waals surface area contributed by atoms with Gasteiger partial charge in [-0.15, -0.1) is 0 Å². The summed E-state index contributed by atoms with van der Waals surface area (Å²) in [5.41, 5.74) is 5.45. The van der Waals surface area contributed by atoms with Crippen molar-refractivity contribution < 1.29 is 4.74 Å². The summed E-state index contributed by atoms with van der Waals surface area (Å²) in [6.07, 6.45) is 6.61. The fraction of sp³-hybridized carbons (Fsp3) is 0.900. The van der Waals surface area contributed by atoms with Gasteiger partial charge in [-0.3, -0.25) is 0 Å². The Hall–Kier alpha value is -0.730. The first-order chi connectivity index (χ1) is 6.21. The number of rotatable bonds is 1. The van der Waals surface area contributed by atoms with Crippen molar-refractivity contribution in [3.05, 3.63) is 0 Å². The van der Waals surface area contributed by atoms with Crippen LogP contribution in [0.3, 0.4) is 0 Å². The van der Waals surface area contributed by atoms with Crippen LogP contribution in [0.25, 0.3) is 0 Å². The fourth-order valence-corrected chi connectivity index (χ4v) is 2.46. The van der Waals surface area contributed by atoms with Crippen molar-refractivity contribution in [2.75, 3.05) is 6.54 Å². The lowest BCUT2D eigenvalue weighted by Crippen LogP contribution is -2.40. The van der Waals surface area contributed by atoms with E-state index in [-0.39, 0.29) is 5.60 Å². The zero-order valence-electron chi connectivity index (χ0n) is 8.25. The molecule has 0 aromatic carbocycles. The van der Waals surface area contributed by atoms with Crippen molar-refractivity contribution in [2.24, 2.45) is 16.6 Å². The van der Waals surface area contributed by atoms with Gasteiger partial charge < -0.3 is 10.5 Å². The Morgan fingerprint density at radius 1 is 1.38 bits per heavy atom. The van der Waals surface area contributed by atoms with Gasteiger partial charge in [0.2, 0.25) is 0 Å². The minimum Gasteiger partial charge on any atom is -0.457 e. The van der Waals surface area contributed by atoms with E-state index in [0.717, 1.165) is 6.54 Å². The molecular formula is C10H18N2O. The molecule has 0 aromatic rings. The maximum Gasteiger partial charge on any atom is 0.282 e. The molecule has 13 heavy (non-hydrogen) atoms. The van der Waals surface area contributed by atoms with Crippen LogP contribution < -0.4 is 5.73 Å². The molecule has 2 rings (SSSR count). The summed E-state index contributed by atoms with van der Waals surface area (Å²) in [5, 5.41) is 0. The van der Waals surface area contributed by atoms with Crippen LogP contribution in [-0.2, 0) is 4.74 Å². The smallest absolute Gasteiger partial charge is 0.282 e. The molecule has 3 nitrogen and oxygen atoms in total. The van der Waals surface area contributed by atoms with Gasteiger partial charge >= 0.3 is 0 Å². The Morgan fingerprint density at radius 3 is 2.62 bits per heavy atom. The zero-order chi connectivity index (χ0) is 9.31. The van der Waals surface area contributed by atoms with Crippen LogP contribution in [0.1, 0.15) is 39.0 Å². The van der Waals surface area contributed by atoms with E-state index in [9.17, 15) is 0 Å². The quantitative estimate of drug-likeness (QED) is 0.670. The number of ether oxygens (including phenoxy) is 1. The molecule has 1 saturated carbocycles. The lowest BCUT2D eigenvalue weighted by Gasteiger charge is -2.35. The van der Waals surface area contributed by atoms with E-state index >= 15 is 0 Å². The van der Waals surface area contributed by atoms with E-state index in [1.165, 1.54) is 32.1 Å². The molecule has 0 saturated heterocycles. The first kappa shape index (κ1) is 8.85. The molecule has 2 aliphatic rings. The van der Waals surface area contributed by atoms with Gasteiger partial charge in [0.25, 0.3) is 6.02 Å². The van der Waals surface area contributed by atoms with Crippen LogP contribution in [0.4, 0.5) is 0 Å². The molecular weight excluding hydrogens is 164 g/mol. The third-order valence-corrected chi connectivity index (χ3v) is 3.36. The third kappa shape index (κ3) is 1.64. The monoisotopic (exact) mass is 182 g/mol. The summed E-state index contributed by atoms with van der Waals surface area (Å²) < 4.78 is 5.62. The molecule has 1 aliphatic carbocycles. The zero-order valence-corrected chi connectivity index (χ0v) is 8.25. The Kier molecular flexibility index (Phi) is 2.18. The highest BCUT2D eigenvalue weighted by molar-refractivity contribution is 5.73. The van der Waals surface area contributed by atoms with Gasteiger partial charge in [-0.05, 0) is 19.8 Å². The second kappa shape index (κ2) is 3.20. The van der Waals surface area contributed by atoms with Gasteiger partial charge in [0.1, 0.15) is 5.60 Å². The lowest BCUT2D eigenvalue weighted by molar-refractivity contribution is 0.0219. The molecule has 1 atom stereocenters. The normalized spacial score (nSPS) is 35.6. The third-order valence-electron chi connectivity index (χ3n) is 3.36. The summed E-state index contributed by atoms with van der Waals surface area (Å²) in [4.78, 5) is 4.14. The van der Waals surface area contributed by atoms with Crippen molar-refractivity contribution >= 4 is 6.02 Å². The summed E-state index contributed by atoms with van der Waals surface area (Å²) in [6.45, 7) is 2.90. The number of nitrogens with zero attached hydrogens (tertiary/aromatic N) is 1. The highest BCUT2D eigenvalue weighted by Gasteiger charge is 2.40. The fourth-order valence-electron chi connectivity index (χ4n) is 2.46. The highest BCUT2D eigenvalue weighted by Crippen LogP contribution is 2.36. The number of hydrogen-bond acceptors (Lipinski definition) is 3. The topological polar surface area (TPSA) is 47.6 Å². The second-order valence-corrected chi connectivity index (χ2v) is 4.40. The molecule has 0 radical (unpaired) electrons. The molecule has 3 heteroatoms. The molecule has 1 heterocycles. The summed E-state index contributed by atoms with van der Waals surface area (Å²) in [7, 11) is 0. The molecule has 0 spiro atoms. The van der Waals surface area contributed by atoms with Crippen LogP contribution in [0.5, 0.6) is 0 Å². The Bertz CT molecular complexity index is 221. The van der Waals surface area contributed by atoms with Crippen molar-refractivity contribution in [2.45, 2.75) is 44.6 Å². The molecule has 1 unspecified atom stereocenters. The molecule has 0 amide bonds. The molecule has 1 fully saturated rings. The number of hydrogen-bond donors (Lipinski definition) is 1. The maximum absolute atomic E-state index is 5.62. The molecule has 0 aromatic heterocycles. The van der Waals surface area contributed by atoms with Gasteiger partial charge in [0, 0.05) is 5.92 Å². The first-order valence-corrected chi connectivity index (χ1v) is 5.20. The van der Waals surface area contributed by atoms with Crippen molar-refractivity contribution in [1.29, 1.82) is 0 Å². The van der Waals surface area contributed by atoms with Crippen molar-refractivity contribution in [3.8, 4) is 0 Å². The standard InChI is InChI=1S/C10H18N2O/c1-10(7-12-9(11)13-10)8-5-3-2-4-6-8/h8H,2-7H2,1H3,(H2,11,12). The summed E-state index contributed by atoms with van der Waals surface area (Å²) in [6, 6.07) is 0.382. The first-order valence-electron chi connectivity index (χ1n) is 5.20. The Balaban J connectivity index is 1.99. The van der Waals surface area contributed by atoms with E-state index < -0.39 is 0 Å². The van der Waals surface area contributed by atoms with Crippen LogP contribution >= 0.6 is 0 Å². The van der Waals surface area contributed by atoms with Gasteiger partial charge in [-0.2, -0.15) is 0 Å². The lowest BCUT2D eigenvalue weighted by atomic mass is 9.78. The maximum atomic E-state index is 5.62. The number of amidine groups is 1. The van der Waals surface area contributed by atoms with Crippen LogP contribution in [0, 0.1) is 5.92 Å². The number of nitrogens with two attached hydrogens (primary N) is 1. The highest BCUT2D eigenvalue weighted by atomic mass is 16.5. The predicted molar refractivity (Wildman–Crippen MR) is 52.6 cm³/mol. The van der Waals surface area contributed by atoms with Crippen molar-refractivity contribution in [1.82, 2.24) is 0 Å². The molecule has 0 bridgehead atoms. The van der Waals surface area contributed by atoms with Crippen LogP contribution in [0.2, 0.25) is 0 Å². The second-order valence-electron chi connectivity index (χ2n) is 4.40. The van der Waals surface area contributed by atoms with Gasteiger partial charge in [-0.1, -0.05) is 19.3 Å².